The lowest BCUT2D eigenvalue weighted by molar-refractivity contribution is 0.660. The molecule has 1 aliphatic rings. The molecule has 2 aromatic heterocycles. The summed E-state index contributed by atoms with van der Waals surface area (Å²) in [4.78, 5) is 8.68. The Morgan fingerprint density at radius 3 is 2.68 bits per heavy atom. The molecule has 108 valence electrons. The number of pyridine rings is 2. The minimum absolute atomic E-state index is 0.147. The van der Waals surface area contributed by atoms with Crippen LogP contribution < -0.4 is 0 Å². The van der Waals surface area contributed by atoms with Crippen LogP contribution in [0.25, 0.3) is 22.4 Å². The van der Waals surface area contributed by atoms with E-state index in [0.717, 1.165) is 5.56 Å². The van der Waals surface area contributed by atoms with Gasteiger partial charge in [0, 0.05) is 39.2 Å². The number of nitrogens with zero attached hydrogens (tertiary/aromatic N) is 2. The maximum Gasteiger partial charge on any atom is 0.0723 e. The zero-order chi connectivity index (χ0) is 17.8. The summed E-state index contributed by atoms with van der Waals surface area (Å²) < 4.78 is 23.3. The zero-order valence-corrected chi connectivity index (χ0v) is 12.6. The maximum absolute atomic E-state index is 7.78. The summed E-state index contributed by atoms with van der Waals surface area (Å²) in [6, 6.07) is 11.9. The van der Waals surface area contributed by atoms with E-state index in [-0.39, 0.29) is 11.0 Å². The molecule has 22 heavy (non-hydrogen) atoms. The minimum Gasteiger partial charge on any atom is -0.264 e. The van der Waals surface area contributed by atoms with Gasteiger partial charge in [0.2, 0.25) is 0 Å². The molecule has 1 aliphatic carbocycles. The number of aromatic nitrogens is 2. The number of rotatable bonds is 1. The molecule has 3 aromatic rings. The number of aryl methyl sites for hydroxylation is 1. The largest absolute Gasteiger partial charge is 0.264 e. The number of benzene rings is 1. The van der Waals surface area contributed by atoms with Crippen molar-refractivity contribution in [3.63, 3.8) is 0 Å². The van der Waals surface area contributed by atoms with Crippen LogP contribution in [0.2, 0.25) is 0 Å². The van der Waals surface area contributed by atoms with E-state index >= 15 is 0 Å². The first-order valence-electron chi connectivity index (χ1n) is 8.85. The monoisotopic (exact) mass is 289 g/mol. The highest BCUT2D eigenvalue weighted by atomic mass is 14.7. The van der Waals surface area contributed by atoms with Crippen molar-refractivity contribution >= 4 is 0 Å². The molecule has 0 spiro atoms. The first kappa shape index (κ1) is 10.3. The number of hydrogen-bond donors (Lipinski definition) is 0. The van der Waals surface area contributed by atoms with E-state index in [2.05, 4.69) is 42.0 Å². The first-order chi connectivity index (χ1) is 11.8. The lowest BCUT2D eigenvalue weighted by Gasteiger charge is -2.21. The van der Waals surface area contributed by atoms with Crippen LogP contribution in [0.4, 0.5) is 0 Å². The fraction of sp³-hybridized carbons (Fsp3) is 0.200. The molecular weight excluding hydrogens is 268 g/mol. The molecule has 0 saturated heterocycles. The lowest BCUT2D eigenvalue weighted by Crippen LogP contribution is -2.15. The summed E-state index contributed by atoms with van der Waals surface area (Å²) in [5, 5.41) is 0. The molecule has 4 rings (SSSR count). The van der Waals surface area contributed by atoms with Gasteiger partial charge in [-0.3, -0.25) is 9.97 Å². The molecule has 2 heteroatoms. The van der Waals surface area contributed by atoms with Crippen molar-refractivity contribution in [1.82, 2.24) is 9.97 Å². The topological polar surface area (TPSA) is 25.8 Å². The molecule has 0 amide bonds. The predicted octanol–water partition coefficient (Wildman–Crippen LogP) is 4.76. The third kappa shape index (κ3) is 1.73. The van der Waals surface area contributed by atoms with Gasteiger partial charge in [0.05, 0.1) is 5.69 Å². The van der Waals surface area contributed by atoms with Crippen LogP contribution >= 0.6 is 0 Å². The average molecular weight is 289 g/mol. The van der Waals surface area contributed by atoms with Crippen LogP contribution in [0, 0.1) is 6.85 Å². The Morgan fingerprint density at radius 2 is 1.82 bits per heavy atom. The Bertz CT molecular complexity index is 975. The van der Waals surface area contributed by atoms with Crippen LogP contribution in [0.1, 0.15) is 34.7 Å². The summed E-state index contributed by atoms with van der Waals surface area (Å²) in [5.41, 5.74) is 6.10. The van der Waals surface area contributed by atoms with E-state index in [4.69, 9.17) is 4.11 Å². The minimum atomic E-state index is -2.20. The highest BCUT2D eigenvalue weighted by Crippen LogP contribution is 2.48. The van der Waals surface area contributed by atoms with Gasteiger partial charge in [-0.25, -0.2) is 0 Å². The Kier molecular flexibility index (Phi) is 2.11. The Balaban J connectivity index is 1.93. The standard InChI is InChI=1S/C20H18N2/c1-13-8-9-21-11-15(13)19-10-18-16(12-22-19)14-6-4-5-7-17(14)20(18,2)3/h4-12H,1-3H3/i1D3. The van der Waals surface area contributed by atoms with Crippen LogP contribution in [-0.4, -0.2) is 9.97 Å². The highest BCUT2D eigenvalue weighted by Gasteiger charge is 2.35. The van der Waals surface area contributed by atoms with Crippen LogP contribution in [0.5, 0.6) is 0 Å². The summed E-state index contributed by atoms with van der Waals surface area (Å²) in [7, 11) is 0. The molecule has 0 unspecified atom stereocenters. The van der Waals surface area contributed by atoms with Crippen molar-refractivity contribution in [2.45, 2.75) is 26.1 Å². The molecule has 0 saturated carbocycles. The second-order valence-corrected chi connectivity index (χ2v) is 6.21. The van der Waals surface area contributed by atoms with Gasteiger partial charge in [0.1, 0.15) is 0 Å². The Hall–Kier alpha value is -2.48. The molecule has 0 radical (unpaired) electrons. The smallest absolute Gasteiger partial charge is 0.0723 e. The van der Waals surface area contributed by atoms with Gasteiger partial charge in [-0.05, 0) is 41.2 Å². The van der Waals surface area contributed by atoms with Crippen molar-refractivity contribution in [2.75, 3.05) is 0 Å². The quantitative estimate of drug-likeness (QED) is 0.645. The van der Waals surface area contributed by atoms with E-state index in [9.17, 15) is 0 Å². The average Bonchev–Trinajstić information content (AvgIpc) is 2.82. The first-order valence-corrected chi connectivity index (χ1v) is 7.35. The fourth-order valence-electron chi connectivity index (χ4n) is 3.34. The molecule has 0 N–H and O–H groups in total. The molecule has 0 atom stereocenters. The van der Waals surface area contributed by atoms with E-state index in [0.29, 0.717) is 11.3 Å². The van der Waals surface area contributed by atoms with E-state index in [1.807, 2.05) is 18.3 Å². The van der Waals surface area contributed by atoms with E-state index in [1.165, 1.54) is 22.9 Å². The zero-order valence-electron chi connectivity index (χ0n) is 15.6. The number of fused-ring (bicyclic) bond motifs is 3. The molecule has 1 aromatic carbocycles. The summed E-state index contributed by atoms with van der Waals surface area (Å²) in [6.45, 7) is 2.18. The van der Waals surface area contributed by atoms with Crippen molar-refractivity contribution in [1.29, 1.82) is 0 Å². The van der Waals surface area contributed by atoms with E-state index in [1.54, 1.807) is 12.3 Å². The SMILES string of the molecule is [2H]C([2H])([2H])c1ccncc1-c1cc2c(cn1)-c1ccccc1C2(C)C. The Morgan fingerprint density at radius 1 is 0.955 bits per heavy atom. The normalized spacial score (nSPS) is 17.1. The molecule has 0 aliphatic heterocycles. The van der Waals surface area contributed by atoms with Gasteiger partial charge in [0.15, 0.2) is 0 Å². The number of hydrogen-bond acceptors (Lipinski definition) is 2. The van der Waals surface area contributed by atoms with Crippen molar-refractivity contribution < 1.29 is 4.11 Å². The molecule has 2 heterocycles. The summed E-state index contributed by atoms with van der Waals surface area (Å²) >= 11 is 0. The summed E-state index contributed by atoms with van der Waals surface area (Å²) in [5.74, 6) is 0. The summed E-state index contributed by atoms with van der Waals surface area (Å²) in [6.07, 6.45) is 4.96. The third-order valence-electron chi connectivity index (χ3n) is 4.56. The van der Waals surface area contributed by atoms with Gasteiger partial charge < -0.3 is 0 Å². The van der Waals surface area contributed by atoms with E-state index < -0.39 is 6.85 Å². The highest BCUT2D eigenvalue weighted by molar-refractivity contribution is 5.82. The Labute approximate surface area is 135 Å². The van der Waals surface area contributed by atoms with Gasteiger partial charge in [0.25, 0.3) is 0 Å². The second kappa shape index (κ2) is 4.51. The fourth-order valence-corrected chi connectivity index (χ4v) is 3.34. The van der Waals surface area contributed by atoms with Crippen molar-refractivity contribution in [2.24, 2.45) is 0 Å². The lowest BCUT2D eigenvalue weighted by atomic mass is 9.82. The molecule has 2 nitrogen and oxygen atoms in total. The van der Waals surface area contributed by atoms with Gasteiger partial charge in [-0.15, -0.1) is 0 Å². The van der Waals surface area contributed by atoms with Gasteiger partial charge in [-0.2, -0.15) is 0 Å². The predicted molar refractivity (Wildman–Crippen MR) is 89.8 cm³/mol. The van der Waals surface area contributed by atoms with Crippen LogP contribution in [0.3, 0.4) is 0 Å². The molecular formula is C20H18N2. The van der Waals surface area contributed by atoms with Crippen LogP contribution in [-0.2, 0) is 5.41 Å². The van der Waals surface area contributed by atoms with Gasteiger partial charge in [-0.1, -0.05) is 38.1 Å². The molecule has 0 bridgehead atoms. The van der Waals surface area contributed by atoms with Crippen LogP contribution in [0.15, 0.2) is 55.0 Å². The third-order valence-corrected chi connectivity index (χ3v) is 4.56. The molecule has 0 fully saturated rings. The van der Waals surface area contributed by atoms with Gasteiger partial charge >= 0.3 is 0 Å². The second-order valence-electron chi connectivity index (χ2n) is 6.21. The maximum atomic E-state index is 7.78. The van der Waals surface area contributed by atoms with Crippen molar-refractivity contribution in [3.05, 3.63) is 71.7 Å². The van der Waals surface area contributed by atoms with Crippen molar-refractivity contribution in [3.8, 4) is 22.4 Å².